The number of hydrogen-bond acceptors (Lipinski definition) is 3. The van der Waals surface area contributed by atoms with Crippen LogP contribution in [0.4, 0.5) is 4.39 Å². The van der Waals surface area contributed by atoms with Gasteiger partial charge in [0.25, 0.3) is 17.7 Å². The number of fused-ring (bicyclic) bond motifs is 1. The van der Waals surface area contributed by atoms with E-state index in [4.69, 9.17) is 11.6 Å². The zero-order valence-electron chi connectivity index (χ0n) is 15.7. The SMILES string of the molecule is O=C(c1ccc(Cl)cc1)N(Cc1ccccc1F)N1C(=O)[C@@H]2CCCC[C@H]2C1=O. The molecule has 4 rings (SSSR count). The zero-order chi connectivity index (χ0) is 20.5. The predicted molar refractivity (Wildman–Crippen MR) is 105 cm³/mol. The molecule has 1 aliphatic heterocycles. The lowest BCUT2D eigenvalue weighted by molar-refractivity contribution is -0.155. The Morgan fingerprint density at radius 1 is 1.00 bits per heavy atom. The Kier molecular flexibility index (Phi) is 5.37. The van der Waals surface area contributed by atoms with Gasteiger partial charge >= 0.3 is 0 Å². The first-order valence-corrected chi connectivity index (χ1v) is 10.0. The van der Waals surface area contributed by atoms with Gasteiger partial charge in [-0.25, -0.2) is 9.40 Å². The first-order valence-electron chi connectivity index (χ1n) is 9.66. The number of rotatable bonds is 4. The van der Waals surface area contributed by atoms with E-state index in [1.54, 1.807) is 24.3 Å². The van der Waals surface area contributed by atoms with Gasteiger partial charge in [-0.1, -0.05) is 42.6 Å². The highest BCUT2D eigenvalue weighted by Crippen LogP contribution is 2.39. The van der Waals surface area contributed by atoms with Crippen LogP contribution in [0, 0.1) is 17.7 Å². The monoisotopic (exact) mass is 414 g/mol. The Hall–Kier alpha value is -2.73. The van der Waals surface area contributed by atoms with Crippen molar-refractivity contribution in [2.75, 3.05) is 0 Å². The summed E-state index contributed by atoms with van der Waals surface area (Å²) in [4.78, 5) is 39.4. The molecule has 29 heavy (non-hydrogen) atoms. The van der Waals surface area contributed by atoms with Crippen LogP contribution in [0.2, 0.25) is 5.02 Å². The molecule has 1 heterocycles. The Labute approximate surface area is 173 Å². The van der Waals surface area contributed by atoms with Crippen LogP contribution in [0.1, 0.15) is 41.6 Å². The van der Waals surface area contributed by atoms with E-state index in [2.05, 4.69) is 0 Å². The number of hydrazine groups is 1. The molecule has 1 saturated carbocycles. The van der Waals surface area contributed by atoms with E-state index in [-0.39, 0.29) is 29.5 Å². The Morgan fingerprint density at radius 3 is 2.17 bits per heavy atom. The second kappa shape index (κ2) is 7.95. The number of halogens is 2. The summed E-state index contributed by atoms with van der Waals surface area (Å²) < 4.78 is 14.3. The Bertz CT molecular complexity index is 939. The molecule has 7 heteroatoms. The highest BCUT2D eigenvalue weighted by Gasteiger charge is 2.51. The summed E-state index contributed by atoms with van der Waals surface area (Å²) in [6.45, 7) is -0.217. The lowest BCUT2D eigenvalue weighted by Gasteiger charge is -2.30. The number of imide groups is 1. The molecule has 1 saturated heterocycles. The van der Waals surface area contributed by atoms with Gasteiger partial charge in [-0.05, 0) is 43.2 Å². The molecule has 0 aromatic heterocycles. The molecule has 2 aliphatic rings. The van der Waals surface area contributed by atoms with Crippen molar-refractivity contribution in [3.63, 3.8) is 0 Å². The summed E-state index contributed by atoms with van der Waals surface area (Å²) in [5.41, 5.74) is 0.492. The number of hydrogen-bond donors (Lipinski definition) is 0. The molecule has 2 atom stereocenters. The minimum absolute atomic E-state index is 0.217. The van der Waals surface area contributed by atoms with Gasteiger partial charge in [0.15, 0.2) is 0 Å². The topological polar surface area (TPSA) is 57.7 Å². The van der Waals surface area contributed by atoms with E-state index in [0.717, 1.165) is 22.9 Å². The molecule has 0 radical (unpaired) electrons. The minimum Gasteiger partial charge on any atom is -0.272 e. The molecule has 2 fully saturated rings. The van der Waals surface area contributed by atoms with Crippen LogP contribution in [0.25, 0.3) is 0 Å². The summed E-state index contributed by atoms with van der Waals surface area (Å²) in [5, 5.41) is 2.48. The lowest BCUT2D eigenvalue weighted by atomic mass is 9.81. The largest absolute Gasteiger partial charge is 0.273 e. The van der Waals surface area contributed by atoms with E-state index >= 15 is 0 Å². The summed E-state index contributed by atoms with van der Waals surface area (Å²) in [5.74, 6) is -2.62. The summed E-state index contributed by atoms with van der Waals surface area (Å²) >= 11 is 5.91. The quantitative estimate of drug-likeness (QED) is 0.704. The second-order valence-electron chi connectivity index (χ2n) is 7.45. The minimum atomic E-state index is -0.551. The van der Waals surface area contributed by atoms with Gasteiger partial charge in [0.05, 0.1) is 18.4 Å². The molecular formula is C22H20ClFN2O3. The number of amides is 3. The number of carbonyl (C=O) groups is 3. The van der Waals surface area contributed by atoms with Crippen LogP contribution >= 0.6 is 11.6 Å². The molecule has 5 nitrogen and oxygen atoms in total. The second-order valence-corrected chi connectivity index (χ2v) is 7.88. The van der Waals surface area contributed by atoms with Crippen LogP contribution in [-0.2, 0) is 16.1 Å². The number of carbonyl (C=O) groups excluding carboxylic acids is 3. The first-order chi connectivity index (χ1) is 14.0. The van der Waals surface area contributed by atoms with Gasteiger partial charge in [0.1, 0.15) is 5.82 Å². The Morgan fingerprint density at radius 2 is 1.59 bits per heavy atom. The normalized spacial score (nSPS) is 21.2. The molecule has 0 N–H and O–H groups in total. The van der Waals surface area contributed by atoms with Crippen LogP contribution in [0.15, 0.2) is 48.5 Å². The maximum absolute atomic E-state index is 14.3. The van der Waals surface area contributed by atoms with Crippen molar-refractivity contribution in [3.8, 4) is 0 Å². The van der Waals surface area contributed by atoms with Gasteiger partial charge in [-0.2, -0.15) is 5.01 Å². The molecule has 0 spiro atoms. The fourth-order valence-electron chi connectivity index (χ4n) is 4.15. The van der Waals surface area contributed by atoms with E-state index in [1.807, 2.05) is 0 Å². The van der Waals surface area contributed by atoms with Crippen molar-refractivity contribution in [1.82, 2.24) is 10.0 Å². The first kappa shape index (κ1) is 19.6. The summed E-state index contributed by atoms with van der Waals surface area (Å²) in [6, 6.07) is 12.2. The fraction of sp³-hybridized carbons (Fsp3) is 0.318. The lowest BCUT2D eigenvalue weighted by Crippen LogP contribution is -2.49. The van der Waals surface area contributed by atoms with E-state index in [0.29, 0.717) is 17.9 Å². The third-order valence-corrected chi connectivity index (χ3v) is 5.91. The molecule has 2 aromatic carbocycles. The number of benzene rings is 2. The van der Waals surface area contributed by atoms with Crippen molar-refractivity contribution >= 4 is 29.3 Å². The van der Waals surface area contributed by atoms with Crippen LogP contribution in [-0.4, -0.2) is 27.7 Å². The van der Waals surface area contributed by atoms with E-state index in [1.165, 1.54) is 24.3 Å². The van der Waals surface area contributed by atoms with Crippen molar-refractivity contribution in [2.24, 2.45) is 11.8 Å². The molecule has 3 amide bonds. The van der Waals surface area contributed by atoms with Gasteiger partial charge < -0.3 is 0 Å². The average Bonchev–Trinajstić information content (AvgIpc) is 2.98. The molecular weight excluding hydrogens is 395 g/mol. The third kappa shape index (κ3) is 3.65. The van der Waals surface area contributed by atoms with Gasteiger partial charge in [0.2, 0.25) is 0 Å². The van der Waals surface area contributed by atoms with Crippen molar-refractivity contribution in [2.45, 2.75) is 32.2 Å². The van der Waals surface area contributed by atoms with Gasteiger partial charge in [0, 0.05) is 16.1 Å². The van der Waals surface area contributed by atoms with Gasteiger partial charge in [-0.15, -0.1) is 0 Å². The highest BCUT2D eigenvalue weighted by atomic mass is 35.5. The number of nitrogens with zero attached hydrogens (tertiary/aromatic N) is 2. The van der Waals surface area contributed by atoms with Crippen LogP contribution in [0.3, 0.4) is 0 Å². The third-order valence-electron chi connectivity index (χ3n) is 5.66. The van der Waals surface area contributed by atoms with Crippen LogP contribution < -0.4 is 0 Å². The van der Waals surface area contributed by atoms with Crippen molar-refractivity contribution in [3.05, 3.63) is 70.5 Å². The molecule has 0 bridgehead atoms. The molecule has 0 unspecified atom stereocenters. The molecule has 1 aliphatic carbocycles. The predicted octanol–water partition coefficient (Wildman–Crippen LogP) is 4.21. The average molecular weight is 415 g/mol. The maximum atomic E-state index is 14.3. The summed E-state index contributed by atoms with van der Waals surface area (Å²) in [6.07, 6.45) is 3.03. The highest BCUT2D eigenvalue weighted by molar-refractivity contribution is 6.30. The fourth-order valence-corrected chi connectivity index (χ4v) is 4.27. The zero-order valence-corrected chi connectivity index (χ0v) is 16.4. The molecule has 150 valence electrons. The van der Waals surface area contributed by atoms with Crippen molar-refractivity contribution < 1.29 is 18.8 Å². The van der Waals surface area contributed by atoms with Gasteiger partial charge in [-0.3, -0.25) is 14.4 Å². The smallest absolute Gasteiger partial charge is 0.272 e. The molecule has 2 aromatic rings. The van der Waals surface area contributed by atoms with E-state index < -0.39 is 23.6 Å². The standard InChI is InChI=1S/C22H20ClFN2O3/c23-16-11-9-14(10-12-16)20(27)25(13-15-5-1-4-8-19(15)24)26-21(28)17-6-2-3-7-18(17)22(26)29/h1,4-5,8-12,17-18H,2-3,6-7,13H2/t17-,18-/m1/s1. The van der Waals surface area contributed by atoms with E-state index in [9.17, 15) is 18.8 Å². The van der Waals surface area contributed by atoms with Crippen molar-refractivity contribution in [1.29, 1.82) is 0 Å². The Balaban J connectivity index is 1.72. The summed E-state index contributed by atoms with van der Waals surface area (Å²) in [7, 11) is 0. The maximum Gasteiger partial charge on any atom is 0.273 e. The van der Waals surface area contributed by atoms with Crippen LogP contribution in [0.5, 0.6) is 0 Å².